The molecule has 1 atom stereocenters. The molecular weight excluding hydrogens is 178 g/mol. The van der Waals surface area contributed by atoms with Crippen LogP contribution in [0.5, 0.6) is 0 Å². The number of hydrazine groups is 1. The summed E-state index contributed by atoms with van der Waals surface area (Å²) in [6, 6.07) is 0. The number of ether oxygens (including phenoxy) is 1. The molecule has 0 radical (unpaired) electrons. The Morgan fingerprint density at radius 1 is 1.57 bits per heavy atom. The van der Waals surface area contributed by atoms with Crippen LogP contribution in [-0.2, 0) is 4.74 Å². The second-order valence-electron chi connectivity index (χ2n) is 3.59. The summed E-state index contributed by atoms with van der Waals surface area (Å²) in [5.74, 6) is 6.24. The summed E-state index contributed by atoms with van der Waals surface area (Å²) in [5, 5.41) is 0. The maximum atomic E-state index is 5.63. The number of hydrogen-bond acceptors (Lipinski definition) is 3. The Morgan fingerprint density at radius 3 is 3.00 bits per heavy atom. The van der Waals surface area contributed by atoms with Gasteiger partial charge in [0.25, 0.3) is 0 Å². The van der Waals surface area contributed by atoms with Crippen LogP contribution in [0.2, 0.25) is 0 Å². The molecule has 1 heterocycles. The molecule has 0 amide bonds. The molecule has 0 aromatic carbocycles. The highest BCUT2D eigenvalue weighted by molar-refractivity contribution is 5.81. The topological polar surface area (TPSA) is 59.6 Å². The van der Waals surface area contributed by atoms with Crippen LogP contribution in [0.15, 0.2) is 4.99 Å². The number of aliphatic imine (C=N–C) groups is 1. The molecule has 0 aliphatic carbocycles. The zero-order valence-electron chi connectivity index (χ0n) is 8.96. The van der Waals surface area contributed by atoms with Crippen molar-refractivity contribution in [1.82, 2.24) is 5.43 Å². The monoisotopic (exact) mass is 199 g/mol. The SMILES string of the molecule is CCN=C(CCC1CCCCO1)NN. The van der Waals surface area contributed by atoms with Crippen molar-refractivity contribution in [1.29, 1.82) is 0 Å². The third-order valence-electron chi connectivity index (χ3n) is 2.49. The van der Waals surface area contributed by atoms with Gasteiger partial charge in [-0.25, -0.2) is 5.84 Å². The van der Waals surface area contributed by atoms with E-state index in [1.807, 2.05) is 6.92 Å². The maximum Gasteiger partial charge on any atom is 0.110 e. The molecule has 0 aromatic rings. The van der Waals surface area contributed by atoms with E-state index >= 15 is 0 Å². The Balaban J connectivity index is 2.20. The predicted octanol–water partition coefficient (Wildman–Crippen LogP) is 1.22. The van der Waals surface area contributed by atoms with Gasteiger partial charge in [0.05, 0.1) is 6.10 Å². The van der Waals surface area contributed by atoms with Gasteiger partial charge in [0.15, 0.2) is 0 Å². The zero-order chi connectivity index (χ0) is 10.2. The van der Waals surface area contributed by atoms with Gasteiger partial charge < -0.3 is 10.2 Å². The molecule has 0 saturated carbocycles. The minimum atomic E-state index is 0.416. The Morgan fingerprint density at radius 2 is 2.43 bits per heavy atom. The van der Waals surface area contributed by atoms with Crippen LogP contribution in [0, 0.1) is 0 Å². The highest BCUT2D eigenvalue weighted by Crippen LogP contribution is 2.16. The van der Waals surface area contributed by atoms with Crippen molar-refractivity contribution in [3.63, 3.8) is 0 Å². The van der Waals surface area contributed by atoms with Gasteiger partial charge >= 0.3 is 0 Å². The van der Waals surface area contributed by atoms with E-state index in [1.54, 1.807) is 0 Å². The molecule has 82 valence electrons. The summed E-state index contributed by atoms with van der Waals surface area (Å²) in [4.78, 5) is 4.25. The fourth-order valence-corrected chi connectivity index (χ4v) is 1.72. The Bertz CT molecular complexity index is 176. The molecule has 1 rings (SSSR count). The van der Waals surface area contributed by atoms with Crippen LogP contribution in [0.25, 0.3) is 0 Å². The quantitative estimate of drug-likeness (QED) is 0.310. The number of amidine groups is 1. The van der Waals surface area contributed by atoms with Gasteiger partial charge in [0.1, 0.15) is 5.84 Å². The van der Waals surface area contributed by atoms with Crippen molar-refractivity contribution in [3.05, 3.63) is 0 Å². The van der Waals surface area contributed by atoms with Gasteiger partial charge in [-0.3, -0.25) is 4.99 Å². The van der Waals surface area contributed by atoms with E-state index in [4.69, 9.17) is 10.6 Å². The first-order valence-corrected chi connectivity index (χ1v) is 5.48. The standard InChI is InChI=1S/C10H21N3O/c1-2-12-10(13-11)7-6-9-5-3-4-8-14-9/h9H,2-8,11H2,1H3,(H,12,13). The van der Waals surface area contributed by atoms with Crippen molar-refractivity contribution in [2.24, 2.45) is 10.8 Å². The summed E-state index contributed by atoms with van der Waals surface area (Å²) in [5.41, 5.74) is 2.64. The van der Waals surface area contributed by atoms with E-state index in [2.05, 4.69) is 10.4 Å². The average molecular weight is 199 g/mol. The lowest BCUT2D eigenvalue weighted by Crippen LogP contribution is -2.32. The molecule has 3 N–H and O–H groups in total. The van der Waals surface area contributed by atoms with Crippen LogP contribution < -0.4 is 11.3 Å². The summed E-state index contributed by atoms with van der Waals surface area (Å²) in [7, 11) is 0. The highest BCUT2D eigenvalue weighted by atomic mass is 16.5. The lowest BCUT2D eigenvalue weighted by atomic mass is 10.0. The van der Waals surface area contributed by atoms with Gasteiger partial charge in [-0.05, 0) is 32.6 Å². The third kappa shape index (κ3) is 4.07. The van der Waals surface area contributed by atoms with Crippen LogP contribution in [-0.4, -0.2) is 25.1 Å². The van der Waals surface area contributed by atoms with Gasteiger partial charge in [-0.1, -0.05) is 0 Å². The van der Waals surface area contributed by atoms with Gasteiger partial charge in [-0.2, -0.15) is 0 Å². The van der Waals surface area contributed by atoms with E-state index < -0.39 is 0 Å². The second kappa shape index (κ2) is 6.79. The van der Waals surface area contributed by atoms with Crippen molar-refractivity contribution in [2.75, 3.05) is 13.2 Å². The van der Waals surface area contributed by atoms with Gasteiger partial charge in [0, 0.05) is 19.6 Å². The largest absolute Gasteiger partial charge is 0.378 e. The van der Waals surface area contributed by atoms with Crippen molar-refractivity contribution >= 4 is 5.84 Å². The number of nitrogens with two attached hydrogens (primary N) is 1. The molecule has 1 aliphatic rings. The molecule has 1 unspecified atom stereocenters. The number of nitrogens with zero attached hydrogens (tertiary/aromatic N) is 1. The number of rotatable bonds is 4. The molecule has 4 nitrogen and oxygen atoms in total. The first-order valence-electron chi connectivity index (χ1n) is 5.48. The van der Waals surface area contributed by atoms with Crippen LogP contribution in [0.1, 0.15) is 39.0 Å². The second-order valence-corrected chi connectivity index (χ2v) is 3.59. The molecule has 0 aromatic heterocycles. The Labute approximate surface area is 85.9 Å². The van der Waals surface area contributed by atoms with E-state index in [1.165, 1.54) is 19.3 Å². The molecule has 1 saturated heterocycles. The normalized spacial score (nSPS) is 23.6. The van der Waals surface area contributed by atoms with Crippen LogP contribution >= 0.6 is 0 Å². The average Bonchev–Trinajstić information content (AvgIpc) is 2.25. The van der Waals surface area contributed by atoms with Crippen LogP contribution in [0.3, 0.4) is 0 Å². The molecule has 1 fully saturated rings. The maximum absolute atomic E-state index is 5.63. The van der Waals surface area contributed by atoms with E-state index in [0.717, 1.165) is 31.8 Å². The summed E-state index contributed by atoms with van der Waals surface area (Å²) >= 11 is 0. The highest BCUT2D eigenvalue weighted by Gasteiger charge is 2.13. The lowest BCUT2D eigenvalue weighted by Gasteiger charge is -2.22. The molecule has 0 spiro atoms. The number of hydrogen-bond donors (Lipinski definition) is 2. The Kier molecular flexibility index (Phi) is 5.56. The summed E-state index contributed by atoms with van der Waals surface area (Å²) in [6.07, 6.45) is 6.03. The zero-order valence-corrected chi connectivity index (χ0v) is 8.96. The fraction of sp³-hybridized carbons (Fsp3) is 0.900. The third-order valence-corrected chi connectivity index (χ3v) is 2.49. The summed E-state index contributed by atoms with van der Waals surface area (Å²) < 4.78 is 5.63. The summed E-state index contributed by atoms with van der Waals surface area (Å²) in [6.45, 7) is 3.71. The number of nitrogens with one attached hydrogen (secondary N) is 1. The van der Waals surface area contributed by atoms with Crippen molar-refractivity contribution < 1.29 is 4.74 Å². The fourth-order valence-electron chi connectivity index (χ4n) is 1.72. The molecule has 1 aliphatic heterocycles. The smallest absolute Gasteiger partial charge is 0.110 e. The van der Waals surface area contributed by atoms with Gasteiger partial charge in [-0.15, -0.1) is 0 Å². The predicted molar refractivity (Wildman–Crippen MR) is 58.1 cm³/mol. The lowest BCUT2D eigenvalue weighted by molar-refractivity contribution is 0.0124. The molecule has 4 heteroatoms. The molecule has 14 heavy (non-hydrogen) atoms. The molecular formula is C10H21N3O. The van der Waals surface area contributed by atoms with Crippen molar-refractivity contribution in [2.45, 2.75) is 45.1 Å². The van der Waals surface area contributed by atoms with E-state index in [9.17, 15) is 0 Å². The molecule has 0 bridgehead atoms. The van der Waals surface area contributed by atoms with Crippen LogP contribution in [0.4, 0.5) is 0 Å². The van der Waals surface area contributed by atoms with Gasteiger partial charge in [0.2, 0.25) is 0 Å². The minimum Gasteiger partial charge on any atom is -0.378 e. The van der Waals surface area contributed by atoms with E-state index in [-0.39, 0.29) is 0 Å². The first kappa shape index (κ1) is 11.5. The Hall–Kier alpha value is -0.610. The minimum absolute atomic E-state index is 0.416. The first-order chi connectivity index (χ1) is 6.86. The van der Waals surface area contributed by atoms with E-state index in [0.29, 0.717) is 6.10 Å². The van der Waals surface area contributed by atoms with Crippen molar-refractivity contribution in [3.8, 4) is 0 Å².